The number of thiophene rings is 1. The topological polar surface area (TPSA) is 41.6 Å². The Kier molecular flexibility index (Phi) is 4.97. The average molecular weight is 337 g/mol. The summed E-state index contributed by atoms with van der Waals surface area (Å²) in [5, 5.41) is 3.33. The molecular formula is C16H17ClN2O2S. The Hall–Kier alpha value is -1.56. The van der Waals surface area contributed by atoms with E-state index in [1.807, 2.05) is 41.3 Å². The lowest BCUT2D eigenvalue weighted by Gasteiger charge is -2.27. The molecule has 6 heteroatoms. The van der Waals surface area contributed by atoms with Gasteiger partial charge < -0.3 is 15.0 Å². The number of carbonyl (C=O) groups excluding carboxylic acids is 1. The number of ether oxygens (including phenoxy) is 1. The molecule has 3 rings (SSSR count). The standard InChI is InChI=1S/C16H17ClN2O2S/c17-15-5-4-14(22-15)11-18-13-3-1-2-12(10-13)16(20)19-6-8-21-9-7-19/h1-5,10,18H,6-9,11H2. The number of amides is 1. The van der Waals surface area contributed by atoms with Gasteiger partial charge in [0.25, 0.3) is 5.91 Å². The van der Waals surface area contributed by atoms with Gasteiger partial charge in [0.05, 0.1) is 17.6 Å². The number of benzene rings is 1. The third-order valence-electron chi connectivity index (χ3n) is 3.50. The maximum atomic E-state index is 12.5. The molecule has 0 saturated carbocycles. The molecule has 0 unspecified atom stereocenters. The van der Waals surface area contributed by atoms with E-state index in [1.54, 1.807) is 11.3 Å². The van der Waals surface area contributed by atoms with Crippen molar-refractivity contribution in [3.63, 3.8) is 0 Å². The number of morpholine rings is 1. The molecule has 0 atom stereocenters. The predicted octanol–water partition coefficient (Wildman–Crippen LogP) is 3.49. The van der Waals surface area contributed by atoms with Gasteiger partial charge in [0.15, 0.2) is 0 Å². The first kappa shape index (κ1) is 15.3. The summed E-state index contributed by atoms with van der Waals surface area (Å²) in [5.41, 5.74) is 1.64. The Balaban J connectivity index is 1.65. The summed E-state index contributed by atoms with van der Waals surface area (Å²) in [7, 11) is 0. The fourth-order valence-corrected chi connectivity index (χ4v) is 3.37. The average Bonchev–Trinajstić information content (AvgIpc) is 2.99. The molecule has 2 aromatic rings. The molecule has 0 radical (unpaired) electrons. The minimum absolute atomic E-state index is 0.0612. The van der Waals surface area contributed by atoms with Crippen molar-refractivity contribution in [2.75, 3.05) is 31.6 Å². The first-order chi connectivity index (χ1) is 10.7. The van der Waals surface area contributed by atoms with Crippen LogP contribution in [0.4, 0.5) is 5.69 Å². The molecule has 1 aliphatic rings. The van der Waals surface area contributed by atoms with Crippen molar-refractivity contribution < 1.29 is 9.53 Å². The summed E-state index contributed by atoms with van der Waals surface area (Å²) in [6, 6.07) is 11.5. The van der Waals surface area contributed by atoms with Crippen LogP contribution in [0.2, 0.25) is 4.34 Å². The van der Waals surface area contributed by atoms with Crippen LogP contribution in [0.1, 0.15) is 15.2 Å². The number of anilines is 1. The number of hydrogen-bond acceptors (Lipinski definition) is 4. The number of nitrogens with zero attached hydrogens (tertiary/aromatic N) is 1. The second-order valence-corrected chi connectivity index (χ2v) is 6.84. The molecule has 4 nitrogen and oxygen atoms in total. The monoisotopic (exact) mass is 336 g/mol. The number of carbonyl (C=O) groups is 1. The molecule has 2 heterocycles. The summed E-state index contributed by atoms with van der Waals surface area (Å²) < 4.78 is 6.07. The summed E-state index contributed by atoms with van der Waals surface area (Å²) in [5.74, 6) is 0.0612. The van der Waals surface area contributed by atoms with E-state index in [1.165, 1.54) is 0 Å². The first-order valence-electron chi connectivity index (χ1n) is 7.17. The minimum atomic E-state index is 0.0612. The molecule has 1 N–H and O–H groups in total. The molecular weight excluding hydrogens is 320 g/mol. The first-order valence-corrected chi connectivity index (χ1v) is 8.37. The minimum Gasteiger partial charge on any atom is -0.380 e. The predicted molar refractivity (Wildman–Crippen MR) is 89.8 cm³/mol. The molecule has 0 spiro atoms. The van der Waals surface area contributed by atoms with Gasteiger partial charge in [-0.3, -0.25) is 4.79 Å². The number of nitrogens with one attached hydrogen (secondary N) is 1. The van der Waals surface area contributed by atoms with Gasteiger partial charge in [0, 0.05) is 35.8 Å². The van der Waals surface area contributed by atoms with Gasteiger partial charge in [-0.25, -0.2) is 0 Å². The van der Waals surface area contributed by atoms with E-state index >= 15 is 0 Å². The van der Waals surface area contributed by atoms with Gasteiger partial charge in [-0.15, -0.1) is 11.3 Å². The molecule has 1 amide bonds. The van der Waals surface area contributed by atoms with E-state index in [2.05, 4.69) is 5.32 Å². The third kappa shape index (κ3) is 3.80. The lowest BCUT2D eigenvalue weighted by molar-refractivity contribution is 0.0303. The van der Waals surface area contributed by atoms with E-state index in [9.17, 15) is 4.79 Å². The summed E-state index contributed by atoms with van der Waals surface area (Å²) in [6.45, 7) is 3.24. The van der Waals surface area contributed by atoms with Crippen LogP contribution in [0.5, 0.6) is 0 Å². The largest absolute Gasteiger partial charge is 0.380 e. The Bertz CT molecular complexity index is 653. The highest BCUT2D eigenvalue weighted by Gasteiger charge is 2.18. The van der Waals surface area contributed by atoms with Crippen LogP contribution in [0.15, 0.2) is 36.4 Å². The van der Waals surface area contributed by atoms with Crippen molar-refractivity contribution in [2.45, 2.75) is 6.54 Å². The number of hydrogen-bond donors (Lipinski definition) is 1. The van der Waals surface area contributed by atoms with E-state index in [0.29, 0.717) is 38.4 Å². The quantitative estimate of drug-likeness (QED) is 0.929. The SMILES string of the molecule is O=C(c1cccc(NCc2ccc(Cl)s2)c1)N1CCOCC1. The summed E-state index contributed by atoms with van der Waals surface area (Å²) in [6.07, 6.45) is 0. The fraction of sp³-hybridized carbons (Fsp3) is 0.312. The molecule has 0 aliphatic carbocycles. The Labute approximate surface area is 138 Å². The smallest absolute Gasteiger partial charge is 0.254 e. The maximum absolute atomic E-state index is 12.5. The van der Waals surface area contributed by atoms with Crippen molar-refractivity contribution >= 4 is 34.5 Å². The van der Waals surface area contributed by atoms with Crippen LogP contribution in [0, 0.1) is 0 Å². The van der Waals surface area contributed by atoms with Gasteiger partial charge in [-0.05, 0) is 30.3 Å². The highest BCUT2D eigenvalue weighted by Crippen LogP contribution is 2.22. The van der Waals surface area contributed by atoms with Crippen molar-refractivity contribution in [1.82, 2.24) is 4.90 Å². The van der Waals surface area contributed by atoms with Gasteiger partial charge in [0.2, 0.25) is 0 Å². The lowest BCUT2D eigenvalue weighted by atomic mass is 10.1. The zero-order chi connectivity index (χ0) is 15.4. The van der Waals surface area contributed by atoms with Gasteiger partial charge in [-0.1, -0.05) is 17.7 Å². The van der Waals surface area contributed by atoms with Gasteiger partial charge in [0.1, 0.15) is 0 Å². The Morgan fingerprint density at radius 2 is 2.09 bits per heavy atom. The van der Waals surface area contributed by atoms with E-state index in [4.69, 9.17) is 16.3 Å². The van der Waals surface area contributed by atoms with E-state index in [0.717, 1.165) is 14.9 Å². The number of rotatable bonds is 4. The van der Waals surface area contributed by atoms with Crippen LogP contribution >= 0.6 is 22.9 Å². The van der Waals surface area contributed by atoms with Crippen LogP contribution in [-0.4, -0.2) is 37.1 Å². The second kappa shape index (κ2) is 7.13. The molecule has 22 heavy (non-hydrogen) atoms. The third-order valence-corrected chi connectivity index (χ3v) is 4.73. The maximum Gasteiger partial charge on any atom is 0.254 e. The van der Waals surface area contributed by atoms with Crippen LogP contribution in [-0.2, 0) is 11.3 Å². The molecule has 1 saturated heterocycles. The lowest BCUT2D eigenvalue weighted by Crippen LogP contribution is -2.40. The zero-order valence-electron chi connectivity index (χ0n) is 12.0. The Morgan fingerprint density at radius 3 is 2.82 bits per heavy atom. The van der Waals surface area contributed by atoms with Crippen LogP contribution in [0.25, 0.3) is 0 Å². The second-order valence-electron chi connectivity index (χ2n) is 5.04. The van der Waals surface area contributed by atoms with Crippen LogP contribution in [0.3, 0.4) is 0 Å². The van der Waals surface area contributed by atoms with Gasteiger partial charge in [-0.2, -0.15) is 0 Å². The highest BCUT2D eigenvalue weighted by atomic mass is 35.5. The van der Waals surface area contributed by atoms with Crippen molar-refractivity contribution in [2.24, 2.45) is 0 Å². The fourth-order valence-electron chi connectivity index (χ4n) is 2.35. The molecule has 0 bridgehead atoms. The molecule has 1 aromatic heterocycles. The van der Waals surface area contributed by atoms with E-state index in [-0.39, 0.29) is 5.91 Å². The van der Waals surface area contributed by atoms with Crippen LogP contribution < -0.4 is 5.32 Å². The number of halogens is 1. The van der Waals surface area contributed by atoms with Crippen molar-refractivity contribution in [1.29, 1.82) is 0 Å². The van der Waals surface area contributed by atoms with E-state index < -0.39 is 0 Å². The van der Waals surface area contributed by atoms with Crippen molar-refractivity contribution in [3.8, 4) is 0 Å². The molecule has 1 aliphatic heterocycles. The normalized spacial score (nSPS) is 14.9. The zero-order valence-corrected chi connectivity index (χ0v) is 13.6. The van der Waals surface area contributed by atoms with Crippen molar-refractivity contribution in [3.05, 3.63) is 51.2 Å². The Morgan fingerprint density at radius 1 is 1.27 bits per heavy atom. The molecule has 1 aromatic carbocycles. The summed E-state index contributed by atoms with van der Waals surface area (Å²) in [4.78, 5) is 15.5. The molecule has 116 valence electrons. The summed E-state index contributed by atoms with van der Waals surface area (Å²) >= 11 is 7.48. The molecule has 1 fully saturated rings. The van der Waals surface area contributed by atoms with Gasteiger partial charge >= 0.3 is 0 Å². The highest BCUT2D eigenvalue weighted by molar-refractivity contribution is 7.16.